The van der Waals surface area contributed by atoms with Gasteiger partial charge in [-0.15, -0.1) is 0 Å². The Morgan fingerprint density at radius 2 is 1.05 bits per heavy atom. The number of nitrogens with two attached hydrogens (primary N) is 2. The van der Waals surface area contributed by atoms with Gasteiger partial charge < -0.3 is 59.8 Å². The number of ether oxygens (including phenoxy) is 2. The Labute approximate surface area is 309 Å². The molecule has 0 amide bonds. The predicted molar refractivity (Wildman–Crippen MR) is 185 cm³/mol. The number of aliphatic hydroxyl groups excluding tert-OH is 2. The molecule has 0 saturated carbocycles. The van der Waals surface area contributed by atoms with Crippen molar-refractivity contribution in [1.82, 2.24) is 39.0 Å². The maximum Gasteiger partial charge on any atom is 0.346 e. The molecule has 300 valence electrons. The maximum atomic E-state index is 12.7. The third-order valence-electron chi connectivity index (χ3n) is 7.88. The summed E-state index contributed by atoms with van der Waals surface area (Å²) in [6.45, 7) is -1.62. The predicted octanol–water partition coefficient (Wildman–Crippen LogP) is 0.127. The van der Waals surface area contributed by atoms with Gasteiger partial charge in [-0.1, -0.05) is 0 Å². The van der Waals surface area contributed by atoms with Gasteiger partial charge in [0.05, 0.1) is 38.1 Å². The van der Waals surface area contributed by atoms with E-state index in [1.807, 2.05) is 0 Å². The molecule has 2 aliphatic rings. The van der Waals surface area contributed by atoms with Crippen LogP contribution in [0.1, 0.15) is 25.3 Å². The second-order valence-corrected chi connectivity index (χ2v) is 22.4. The molecule has 6 unspecified atom stereocenters. The largest absolute Gasteiger partial charge is 0.390 e. The van der Waals surface area contributed by atoms with E-state index in [9.17, 15) is 52.6 Å². The lowest BCUT2D eigenvalue weighted by Gasteiger charge is -2.24. The molecule has 33 heteroatoms. The molecule has 0 aromatic carbocycles. The Balaban J connectivity index is 0.980. The number of fused-ring (bicyclic) bond motifs is 2. The second kappa shape index (κ2) is 15.6. The zero-order chi connectivity index (χ0) is 40.1. The lowest BCUT2D eigenvalue weighted by atomic mass is 10.2. The lowest BCUT2D eigenvalue weighted by molar-refractivity contribution is -0.0395. The number of aliphatic hydroxyl groups is 2. The van der Waals surface area contributed by atoms with Crippen LogP contribution >= 0.6 is 37.9 Å². The summed E-state index contributed by atoms with van der Waals surface area (Å²) >= 11 is 0. The molecule has 0 aliphatic carbocycles. The molecule has 0 bridgehead atoms. The van der Waals surface area contributed by atoms with E-state index in [2.05, 4.69) is 38.5 Å². The van der Waals surface area contributed by atoms with Crippen LogP contribution in [-0.2, 0) is 50.0 Å². The topological polar surface area (TPSA) is 401 Å². The van der Waals surface area contributed by atoms with Gasteiger partial charge in [0, 0.05) is 12.8 Å². The standard InChI is InChI=1S/C22H32BN10O17P5/c23-55(44,49-53(40,41)9-51(36,37)45-3-13-11(34)1-15(47-13)32-7-30-17-19(24)26-5-28-21(17)32)50-54(42,43)10-52(38,39)46-4-14-12(35)2-16(48-14)33-8-31-18-20(25)27-6-29-22(18)33/h5-8,11-16,34-35H,1-4,9-10H2,(H,36,37)(H,38,39)(H,40,41)(H,42,43)(H2,24,26,28)(H2,25,27,29)/t11-,12?,13-,14+,15-,16+,55?/m0/s1. The number of imidazole rings is 2. The number of aromatic nitrogens is 8. The highest BCUT2D eigenvalue weighted by molar-refractivity contribution is 7.89. The fourth-order valence-electron chi connectivity index (χ4n) is 5.57. The number of anilines is 2. The van der Waals surface area contributed by atoms with Crippen molar-refractivity contribution < 1.29 is 79.8 Å². The highest BCUT2D eigenvalue weighted by Crippen LogP contribution is 2.72. The molecule has 4 aromatic rings. The van der Waals surface area contributed by atoms with Crippen molar-refractivity contribution in [2.24, 2.45) is 0 Å². The summed E-state index contributed by atoms with van der Waals surface area (Å²) in [6.07, 6.45) is -1.94. The van der Waals surface area contributed by atoms with Crippen LogP contribution in [0.4, 0.5) is 11.6 Å². The summed E-state index contributed by atoms with van der Waals surface area (Å²) in [7, 11) is -21.9. The normalized spacial score (nSPS) is 28.7. The van der Waals surface area contributed by atoms with Crippen LogP contribution in [0.15, 0.2) is 25.3 Å². The van der Waals surface area contributed by atoms with Gasteiger partial charge in [0.1, 0.15) is 48.4 Å². The number of hydrogen-bond donors (Lipinski definition) is 8. The molecule has 2 saturated heterocycles. The third kappa shape index (κ3) is 10.1. The van der Waals surface area contributed by atoms with Crippen molar-refractivity contribution >= 4 is 79.4 Å². The van der Waals surface area contributed by atoms with Gasteiger partial charge >= 0.3 is 30.4 Å². The smallest absolute Gasteiger partial charge is 0.346 e. The molecule has 55 heavy (non-hydrogen) atoms. The summed E-state index contributed by atoms with van der Waals surface area (Å²) in [5.74, 6) is -3.39. The number of hydrogen-bond acceptors (Lipinski definition) is 21. The first kappa shape index (κ1) is 42.1. The highest BCUT2D eigenvalue weighted by Gasteiger charge is 2.45. The fourth-order valence-corrected chi connectivity index (χ4v) is 15.2. The molecule has 4 aromatic heterocycles. The lowest BCUT2D eigenvalue weighted by Crippen LogP contribution is -2.26. The van der Waals surface area contributed by atoms with Gasteiger partial charge in [0.15, 0.2) is 34.7 Å². The van der Waals surface area contributed by atoms with Gasteiger partial charge in [0.25, 0.3) is 7.47 Å². The molecule has 0 spiro atoms. The molecule has 10 N–H and O–H groups in total. The number of rotatable bonds is 16. The molecular weight excluding hydrogens is 842 g/mol. The SMILES string of the molecule is [B]P(=O)(OP(=O)(O)CP(=O)(O)OC[C@@H]1O[C@H](n2cnc3c(N)ncnc32)C[C@@H]1O)OP(=O)(O)CP(=O)(O)OC[C@H]1O[C@@H](n2cnc3c(N)ncnc32)CC1O. The van der Waals surface area contributed by atoms with Gasteiger partial charge in [-0.05, 0) is 0 Å². The van der Waals surface area contributed by atoms with E-state index in [4.69, 9.17) is 37.6 Å². The first-order valence-electron chi connectivity index (χ1n) is 15.4. The average molecular weight is 874 g/mol. The van der Waals surface area contributed by atoms with Gasteiger partial charge in [-0.3, -0.25) is 32.0 Å². The van der Waals surface area contributed by atoms with Gasteiger partial charge in [0.2, 0.25) is 7.57 Å². The van der Waals surface area contributed by atoms with E-state index < -0.39 is 99.7 Å². The minimum Gasteiger partial charge on any atom is -0.390 e. The minimum atomic E-state index is -5.61. The second-order valence-electron chi connectivity index (χ2n) is 12.2. The molecule has 6 heterocycles. The zero-order valence-electron chi connectivity index (χ0n) is 27.7. The highest BCUT2D eigenvalue weighted by atomic mass is 31.3. The molecule has 2 radical (unpaired) electrons. The molecule has 6 rings (SSSR count). The number of nitrogens with zero attached hydrogens (tertiary/aromatic N) is 8. The van der Waals surface area contributed by atoms with Crippen molar-refractivity contribution in [2.45, 2.75) is 49.7 Å². The zero-order valence-corrected chi connectivity index (χ0v) is 32.2. The summed E-state index contributed by atoms with van der Waals surface area (Å²) in [6, 6.07) is 0. The van der Waals surface area contributed by atoms with E-state index in [0.717, 1.165) is 0 Å². The van der Waals surface area contributed by atoms with Crippen molar-refractivity contribution in [3.05, 3.63) is 25.3 Å². The summed E-state index contributed by atoms with van der Waals surface area (Å²) in [5.41, 5.74) is 12.6. The minimum absolute atomic E-state index is 0.0609. The number of nitrogen functional groups attached to an aromatic ring is 2. The molecule has 11 atom stereocenters. The van der Waals surface area contributed by atoms with Crippen molar-refractivity contribution in [3.8, 4) is 0 Å². The Hall–Kier alpha value is -2.57. The Morgan fingerprint density at radius 3 is 1.44 bits per heavy atom. The fraction of sp³-hybridized carbons (Fsp3) is 0.545. The third-order valence-corrected chi connectivity index (χ3v) is 18.6. The van der Waals surface area contributed by atoms with E-state index in [1.165, 1.54) is 34.4 Å². The van der Waals surface area contributed by atoms with Crippen LogP contribution in [0.5, 0.6) is 0 Å². The average Bonchev–Trinajstić information content (AvgIpc) is 3.82. The monoisotopic (exact) mass is 874 g/mol. The first-order chi connectivity index (χ1) is 25.5. The van der Waals surface area contributed by atoms with E-state index in [-0.39, 0.29) is 46.8 Å². The molecule has 2 aliphatic heterocycles. The Bertz CT molecular complexity index is 2160. The maximum absolute atomic E-state index is 12.7. The summed E-state index contributed by atoms with van der Waals surface area (Å²) < 4.78 is 95.6. The van der Waals surface area contributed by atoms with Crippen molar-refractivity contribution in [1.29, 1.82) is 0 Å². The van der Waals surface area contributed by atoms with Gasteiger partial charge in [-0.25, -0.2) is 38.5 Å². The van der Waals surface area contributed by atoms with Crippen LogP contribution < -0.4 is 11.5 Å². The van der Waals surface area contributed by atoms with E-state index in [0.29, 0.717) is 0 Å². The van der Waals surface area contributed by atoms with E-state index in [1.54, 1.807) is 0 Å². The molecular formula is C22H32BN10O17P5. The molecule has 27 nitrogen and oxygen atoms in total. The van der Waals surface area contributed by atoms with Crippen LogP contribution in [0.3, 0.4) is 0 Å². The first-order valence-corrected chi connectivity index (χ1v) is 24.1. The summed E-state index contributed by atoms with van der Waals surface area (Å²) in [5, 5.41) is 20.9. The van der Waals surface area contributed by atoms with E-state index >= 15 is 0 Å². The summed E-state index contributed by atoms with van der Waals surface area (Å²) in [4.78, 5) is 64.7. The van der Waals surface area contributed by atoms with Crippen LogP contribution in [-0.4, -0.2) is 126 Å². The van der Waals surface area contributed by atoms with Crippen molar-refractivity contribution in [3.63, 3.8) is 0 Å². The van der Waals surface area contributed by atoms with Crippen LogP contribution in [0.25, 0.3) is 22.3 Å². The van der Waals surface area contributed by atoms with Gasteiger partial charge in [-0.2, -0.15) is 0 Å². The molecule has 2 fully saturated rings. The Kier molecular flexibility index (Phi) is 12.0. The Morgan fingerprint density at radius 1 is 0.673 bits per heavy atom. The van der Waals surface area contributed by atoms with Crippen LogP contribution in [0, 0.1) is 0 Å². The quantitative estimate of drug-likeness (QED) is 0.0547. The van der Waals surface area contributed by atoms with Crippen molar-refractivity contribution in [2.75, 3.05) is 36.5 Å². The van der Waals surface area contributed by atoms with Crippen LogP contribution in [0.2, 0.25) is 0 Å².